The van der Waals surface area contributed by atoms with Crippen LogP contribution in [0.2, 0.25) is 0 Å². The van der Waals surface area contributed by atoms with Crippen molar-refractivity contribution in [1.29, 1.82) is 0 Å². The predicted octanol–water partition coefficient (Wildman–Crippen LogP) is 3.11. The Bertz CT molecular complexity index is 820. The number of benzene rings is 2. The number of amides is 2. The molecule has 29 heavy (non-hydrogen) atoms. The Kier molecular flexibility index (Phi) is 7.64. The number of likely N-dealkylation sites (tertiary alicyclic amines) is 1. The van der Waals surface area contributed by atoms with Crippen molar-refractivity contribution in [2.45, 2.75) is 32.7 Å². The van der Waals surface area contributed by atoms with E-state index < -0.39 is 0 Å². The van der Waals surface area contributed by atoms with Gasteiger partial charge in [-0.3, -0.25) is 9.59 Å². The lowest BCUT2D eigenvalue weighted by Crippen LogP contribution is -2.28. The number of carbonyl (C=O) groups is 2. The molecule has 0 bridgehead atoms. The third kappa shape index (κ3) is 6.91. The van der Waals surface area contributed by atoms with Crippen LogP contribution in [0.3, 0.4) is 0 Å². The second-order valence-corrected chi connectivity index (χ2v) is 7.36. The van der Waals surface area contributed by atoms with E-state index in [0.717, 1.165) is 55.8 Å². The van der Waals surface area contributed by atoms with Gasteiger partial charge in [-0.2, -0.15) is 0 Å². The van der Waals surface area contributed by atoms with Crippen molar-refractivity contribution in [2.24, 2.45) is 0 Å². The Morgan fingerprint density at radius 3 is 2.76 bits per heavy atom. The zero-order valence-electron chi connectivity index (χ0n) is 16.9. The van der Waals surface area contributed by atoms with E-state index in [9.17, 15) is 9.59 Å². The summed E-state index contributed by atoms with van der Waals surface area (Å²) in [5.41, 5.74) is 3.01. The number of nitrogens with one attached hydrogen (secondary N) is 2. The molecule has 1 aliphatic rings. The minimum atomic E-state index is -0.186. The first-order valence-electron chi connectivity index (χ1n) is 10.2. The van der Waals surface area contributed by atoms with E-state index in [1.54, 1.807) is 0 Å². The summed E-state index contributed by atoms with van der Waals surface area (Å²) in [4.78, 5) is 25.6. The molecule has 2 amide bonds. The predicted molar refractivity (Wildman–Crippen MR) is 114 cm³/mol. The molecule has 0 atom stereocenters. The van der Waals surface area contributed by atoms with Gasteiger partial charge in [0.15, 0.2) is 6.61 Å². The number of ether oxygens (including phenoxy) is 1. The van der Waals surface area contributed by atoms with Crippen molar-refractivity contribution in [2.75, 3.05) is 31.6 Å². The lowest BCUT2D eigenvalue weighted by molar-refractivity contribution is -0.127. The highest BCUT2D eigenvalue weighted by atomic mass is 16.5. The summed E-state index contributed by atoms with van der Waals surface area (Å²) in [6.45, 7) is 5.27. The minimum Gasteiger partial charge on any atom is -0.484 e. The number of hydrogen-bond acceptors (Lipinski definition) is 4. The summed E-state index contributed by atoms with van der Waals surface area (Å²) < 4.78 is 5.63. The molecule has 1 aliphatic heterocycles. The van der Waals surface area contributed by atoms with Crippen LogP contribution in [-0.2, 0) is 16.1 Å². The lowest BCUT2D eigenvalue weighted by atomic mass is 10.2. The van der Waals surface area contributed by atoms with Crippen LogP contribution in [0.4, 0.5) is 5.69 Å². The van der Waals surface area contributed by atoms with E-state index in [0.29, 0.717) is 12.2 Å². The summed E-state index contributed by atoms with van der Waals surface area (Å²) >= 11 is 0. The second kappa shape index (κ2) is 10.6. The lowest BCUT2D eigenvalue weighted by Gasteiger charge is -2.15. The van der Waals surface area contributed by atoms with Gasteiger partial charge in [0.2, 0.25) is 5.91 Å². The van der Waals surface area contributed by atoms with Gasteiger partial charge in [0.05, 0.1) is 0 Å². The smallest absolute Gasteiger partial charge is 0.262 e. The number of carbonyl (C=O) groups excluding carboxylic acids is 2. The normalized spacial score (nSPS) is 13.6. The Morgan fingerprint density at radius 2 is 2.00 bits per heavy atom. The van der Waals surface area contributed by atoms with Crippen molar-refractivity contribution in [1.82, 2.24) is 10.2 Å². The molecule has 2 aromatic rings. The fourth-order valence-corrected chi connectivity index (χ4v) is 3.30. The molecule has 1 saturated heterocycles. The maximum atomic E-state index is 12.1. The molecule has 2 N–H and O–H groups in total. The summed E-state index contributed by atoms with van der Waals surface area (Å²) in [6, 6.07) is 15.4. The summed E-state index contributed by atoms with van der Waals surface area (Å²) in [7, 11) is 0. The SMILES string of the molecule is Cc1ccc(NC(=O)COc2cccc(CNCCCN3CCCC3=O)c2)cc1. The van der Waals surface area contributed by atoms with Gasteiger partial charge in [-0.1, -0.05) is 29.8 Å². The number of anilines is 1. The summed E-state index contributed by atoms with van der Waals surface area (Å²) in [6.07, 6.45) is 2.63. The Morgan fingerprint density at radius 1 is 1.17 bits per heavy atom. The number of hydrogen-bond donors (Lipinski definition) is 2. The van der Waals surface area contributed by atoms with Gasteiger partial charge in [-0.05, 0) is 56.1 Å². The van der Waals surface area contributed by atoms with Crippen molar-refractivity contribution in [3.05, 3.63) is 59.7 Å². The molecule has 0 aromatic heterocycles. The molecule has 0 spiro atoms. The molecule has 3 rings (SSSR count). The maximum absolute atomic E-state index is 12.1. The minimum absolute atomic E-state index is 0.0331. The van der Waals surface area contributed by atoms with Gasteiger partial charge in [-0.25, -0.2) is 0 Å². The first-order valence-corrected chi connectivity index (χ1v) is 10.2. The highest BCUT2D eigenvalue weighted by Crippen LogP contribution is 2.14. The van der Waals surface area contributed by atoms with Crippen molar-refractivity contribution < 1.29 is 14.3 Å². The monoisotopic (exact) mass is 395 g/mol. The zero-order valence-corrected chi connectivity index (χ0v) is 16.9. The fourth-order valence-electron chi connectivity index (χ4n) is 3.30. The molecule has 0 unspecified atom stereocenters. The molecule has 0 saturated carbocycles. The molecule has 0 radical (unpaired) electrons. The topological polar surface area (TPSA) is 70.7 Å². The molecule has 0 aliphatic carbocycles. The first kappa shape index (κ1) is 20.9. The second-order valence-electron chi connectivity index (χ2n) is 7.36. The average molecular weight is 396 g/mol. The Labute approximate surface area is 172 Å². The van der Waals surface area contributed by atoms with Crippen LogP contribution < -0.4 is 15.4 Å². The fraction of sp³-hybridized carbons (Fsp3) is 0.391. The van der Waals surface area contributed by atoms with E-state index >= 15 is 0 Å². The third-order valence-corrected chi connectivity index (χ3v) is 4.89. The maximum Gasteiger partial charge on any atom is 0.262 e. The average Bonchev–Trinajstić information content (AvgIpc) is 3.13. The van der Waals surface area contributed by atoms with Crippen molar-refractivity contribution in [3.63, 3.8) is 0 Å². The standard InChI is InChI=1S/C23H29N3O3/c1-18-8-10-20(11-9-18)25-22(27)17-29-21-6-2-5-19(15-21)16-24-12-4-14-26-13-3-7-23(26)28/h2,5-6,8-11,15,24H,3-4,7,12-14,16-17H2,1H3,(H,25,27). The number of rotatable bonds is 10. The van der Waals surface area contributed by atoms with Crippen LogP contribution in [0.5, 0.6) is 5.75 Å². The number of aryl methyl sites for hydroxylation is 1. The van der Waals surface area contributed by atoms with Gasteiger partial charge in [0.25, 0.3) is 5.91 Å². The van der Waals surface area contributed by atoms with Crippen LogP contribution in [-0.4, -0.2) is 43.0 Å². The van der Waals surface area contributed by atoms with E-state index in [1.165, 1.54) is 0 Å². The Hall–Kier alpha value is -2.86. The van der Waals surface area contributed by atoms with E-state index in [-0.39, 0.29) is 18.4 Å². The van der Waals surface area contributed by atoms with Gasteiger partial charge in [0.1, 0.15) is 5.75 Å². The molecule has 6 heteroatoms. The van der Waals surface area contributed by atoms with Crippen LogP contribution in [0, 0.1) is 6.92 Å². The van der Waals surface area contributed by atoms with Gasteiger partial charge >= 0.3 is 0 Å². The van der Waals surface area contributed by atoms with E-state index in [1.807, 2.05) is 60.4 Å². The molecule has 1 heterocycles. The molecule has 1 fully saturated rings. The first-order chi connectivity index (χ1) is 14.1. The zero-order chi connectivity index (χ0) is 20.5. The van der Waals surface area contributed by atoms with Crippen LogP contribution >= 0.6 is 0 Å². The van der Waals surface area contributed by atoms with E-state index in [2.05, 4.69) is 10.6 Å². The highest BCUT2D eigenvalue weighted by molar-refractivity contribution is 5.91. The van der Waals surface area contributed by atoms with Crippen LogP contribution in [0.25, 0.3) is 0 Å². The third-order valence-electron chi connectivity index (χ3n) is 4.89. The van der Waals surface area contributed by atoms with Crippen molar-refractivity contribution >= 4 is 17.5 Å². The summed E-state index contributed by atoms with van der Waals surface area (Å²) in [5.74, 6) is 0.765. The largest absolute Gasteiger partial charge is 0.484 e. The van der Waals surface area contributed by atoms with Crippen LogP contribution in [0.1, 0.15) is 30.4 Å². The molecule has 2 aromatic carbocycles. The van der Waals surface area contributed by atoms with Gasteiger partial charge in [-0.15, -0.1) is 0 Å². The van der Waals surface area contributed by atoms with Gasteiger partial charge < -0.3 is 20.3 Å². The van der Waals surface area contributed by atoms with Crippen LogP contribution in [0.15, 0.2) is 48.5 Å². The molecule has 154 valence electrons. The highest BCUT2D eigenvalue weighted by Gasteiger charge is 2.18. The van der Waals surface area contributed by atoms with Crippen molar-refractivity contribution in [3.8, 4) is 5.75 Å². The summed E-state index contributed by atoms with van der Waals surface area (Å²) in [5, 5.41) is 6.22. The van der Waals surface area contributed by atoms with E-state index in [4.69, 9.17) is 4.74 Å². The Balaban J connectivity index is 1.35. The number of nitrogens with zero attached hydrogens (tertiary/aromatic N) is 1. The molecular weight excluding hydrogens is 366 g/mol. The van der Waals surface area contributed by atoms with Gasteiger partial charge in [0, 0.05) is 31.7 Å². The molecular formula is C23H29N3O3. The quantitative estimate of drug-likeness (QED) is 0.607. The molecule has 6 nitrogen and oxygen atoms in total.